The smallest absolute Gasteiger partial charge is 0.261 e. The molecule has 0 saturated carbocycles. The second-order valence-corrected chi connectivity index (χ2v) is 7.71. The SMILES string of the molecule is Cn1cnc(S(=O)(=O)N[C@@H](Cc2ccccc2)c2ccccc2)c1Cl. The van der Waals surface area contributed by atoms with Gasteiger partial charge < -0.3 is 4.57 Å². The van der Waals surface area contributed by atoms with E-state index < -0.39 is 16.1 Å². The van der Waals surface area contributed by atoms with Gasteiger partial charge in [0.2, 0.25) is 5.03 Å². The minimum atomic E-state index is -3.85. The minimum absolute atomic E-state index is 0.0824. The summed E-state index contributed by atoms with van der Waals surface area (Å²) in [6, 6.07) is 18.8. The van der Waals surface area contributed by atoms with Gasteiger partial charge in [-0.1, -0.05) is 72.3 Å². The molecule has 3 aromatic rings. The highest BCUT2D eigenvalue weighted by Gasteiger charge is 2.26. The van der Waals surface area contributed by atoms with Crippen molar-refractivity contribution in [2.24, 2.45) is 7.05 Å². The quantitative estimate of drug-likeness (QED) is 0.718. The van der Waals surface area contributed by atoms with Crippen LogP contribution in [0, 0.1) is 0 Å². The average molecular weight is 376 g/mol. The Morgan fingerprint density at radius 3 is 2.24 bits per heavy atom. The first-order valence-corrected chi connectivity index (χ1v) is 9.61. The van der Waals surface area contributed by atoms with Gasteiger partial charge in [-0.05, 0) is 17.5 Å². The minimum Gasteiger partial charge on any atom is -0.324 e. The van der Waals surface area contributed by atoms with E-state index in [-0.39, 0.29) is 10.2 Å². The molecular weight excluding hydrogens is 358 g/mol. The Kier molecular flexibility index (Phi) is 5.22. The zero-order valence-electron chi connectivity index (χ0n) is 13.6. The molecule has 0 amide bonds. The average Bonchev–Trinajstić information content (AvgIpc) is 2.96. The lowest BCUT2D eigenvalue weighted by molar-refractivity contribution is 0.552. The second kappa shape index (κ2) is 7.39. The van der Waals surface area contributed by atoms with Crippen LogP contribution in [0.2, 0.25) is 5.15 Å². The molecule has 0 aliphatic heterocycles. The van der Waals surface area contributed by atoms with Gasteiger partial charge in [-0.2, -0.15) is 0 Å². The van der Waals surface area contributed by atoms with Crippen molar-refractivity contribution in [3.8, 4) is 0 Å². The van der Waals surface area contributed by atoms with Gasteiger partial charge in [0.1, 0.15) is 5.15 Å². The Morgan fingerprint density at radius 1 is 1.08 bits per heavy atom. The molecule has 7 heteroatoms. The van der Waals surface area contributed by atoms with Gasteiger partial charge in [0, 0.05) is 7.05 Å². The maximum absolute atomic E-state index is 12.8. The number of rotatable bonds is 6. The topological polar surface area (TPSA) is 64.0 Å². The molecule has 0 aliphatic rings. The van der Waals surface area contributed by atoms with Gasteiger partial charge in [-0.15, -0.1) is 0 Å². The molecule has 25 heavy (non-hydrogen) atoms. The predicted molar refractivity (Wildman–Crippen MR) is 97.9 cm³/mol. The third-order valence-corrected chi connectivity index (χ3v) is 5.83. The molecule has 0 unspecified atom stereocenters. The summed E-state index contributed by atoms with van der Waals surface area (Å²) >= 11 is 6.06. The first-order chi connectivity index (χ1) is 12.0. The van der Waals surface area contributed by atoms with E-state index in [1.165, 1.54) is 10.9 Å². The molecule has 1 aromatic heterocycles. The van der Waals surface area contributed by atoms with Crippen LogP contribution in [0.15, 0.2) is 72.0 Å². The van der Waals surface area contributed by atoms with E-state index in [1.54, 1.807) is 7.05 Å². The number of nitrogens with zero attached hydrogens (tertiary/aromatic N) is 2. The predicted octanol–water partition coefficient (Wildman–Crippen LogP) is 3.34. The maximum Gasteiger partial charge on any atom is 0.261 e. The molecule has 0 radical (unpaired) electrons. The summed E-state index contributed by atoms with van der Waals surface area (Å²) in [5, 5.41) is -0.0790. The molecule has 0 saturated heterocycles. The lowest BCUT2D eigenvalue weighted by atomic mass is 10.00. The van der Waals surface area contributed by atoms with Crippen molar-refractivity contribution >= 4 is 21.6 Å². The number of nitrogens with one attached hydrogen (secondary N) is 1. The number of imidazole rings is 1. The summed E-state index contributed by atoms with van der Waals surface area (Å²) in [4.78, 5) is 3.92. The lowest BCUT2D eigenvalue weighted by Crippen LogP contribution is -2.30. The molecule has 130 valence electrons. The highest BCUT2D eigenvalue weighted by atomic mass is 35.5. The molecule has 0 spiro atoms. The standard InChI is InChI=1S/C18H18ClN3O2S/c1-22-13-20-18(17(22)19)25(23,24)21-16(15-10-6-3-7-11-15)12-14-8-4-2-5-9-14/h2-11,13,16,21H,12H2,1H3/t16-/m0/s1. The van der Waals surface area contributed by atoms with E-state index in [9.17, 15) is 8.42 Å². The van der Waals surface area contributed by atoms with Gasteiger partial charge in [0.15, 0.2) is 0 Å². The molecule has 0 fully saturated rings. The van der Waals surface area contributed by atoms with Crippen LogP contribution in [-0.2, 0) is 23.5 Å². The Balaban J connectivity index is 1.93. The van der Waals surface area contributed by atoms with Crippen molar-refractivity contribution in [1.29, 1.82) is 0 Å². The van der Waals surface area contributed by atoms with Crippen molar-refractivity contribution < 1.29 is 8.42 Å². The van der Waals surface area contributed by atoms with E-state index in [0.717, 1.165) is 11.1 Å². The number of sulfonamides is 1. The number of aryl methyl sites for hydroxylation is 1. The van der Waals surface area contributed by atoms with Crippen molar-refractivity contribution in [2.45, 2.75) is 17.5 Å². The number of halogens is 1. The summed E-state index contributed by atoms with van der Waals surface area (Å²) < 4.78 is 29.7. The van der Waals surface area contributed by atoms with Crippen LogP contribution in [-0.4, -0.2) is 18.0 Å². The van der Waals surface area contributed by atoms with E-state index in [2.05, 4.69) is 9.71 Å². The summed E-state index contributed by atoms with van der Waals surface area (Å²) in [5.41, 5.74) is 1.91. The lowest BCUT2D eigenvalue weighted by Gasteiger charge is -2.19. The largest absolute Gasteiger partial charge is 0.324 e. The summed E-state index contributed by atoms with van der Waals surface area (Å²) in [5.74, 6) is 0. The van der Waals surface area contributed by atoms with Crippen LogP contribution < -0.4 is 4.72 Å². The number of hydrogen-bond acceptors (Lipinski definition) is 3. The van der Waals surface area contributed by atoms with Crippen molar-refractivity contribution in [2.75, 3.05) is 0 Å². The molecule has 5 nitrogen and oxygen atoms in total. The third kappa shape index (κ3) is 4.10. The zero-order chi connectivity index (χ0) is 17.9. The first kappa shape index (κ1) is 17.7. The fraction of sp³-hybridized carbons (Fsp3) is 0.167. The van der Waals surface area contributed by atoms with E-state index in [0.29, 0.717) is 6.42 Å². The van der Waals surface area contributed by atoms with Gasteiger partial charge in [-0.3, -0.25) is 0 Å². The zero-order valence-corrected chi connectivity index (χ0v) is 15.2. The van der Waals surface area contributed by atoms with Crippen LogP contribution in [0.5, 0.6) is 0 Å². The van der Waals surface area contributed by atoms with Crippen LogP contribution in [0.3, 0.4) is 0 Å². The van der Waals surface area contributed by atoms with Crippen molar-refractivity contribution in [3.05, 3.63) is 83.3 Å². The summed E-state index contributed by atoms with van der Waals surface area (Å²) in [6.07, 6.45) is 1.90. The Morgan fingerprint density at radius 2 is 1.68 bits per heavy atom. The van der Waals surface area contributed by atoms with Crippen LogP contribution >= 0.6 is 11.6 Å². The maximum atomic E-state index is 12.8. The normalized spacial score (nSPS) is 12.9. The van der Waals surface area contributed by atoms with E-state index in [1.807, 2.05) is 60.7 Å². The fourth-order valence-electron chi connectivity index (χ4n) is 2.58. The molecule has 1 atom stereocenters. The van der Waals surface area contributed by atoms with E-state index >= 15 is 0 Å². The van der Waals surface area contributed by atoms with Gasteiger partial charge in [-0.25, -0.2) is 18.1 Å². The van der Waals surface area contributed by atoms with Crippen molar-refractivity contribution in [3.63, 3.8) is 0 Å². The molecule has 0 aliphatic carbocycles. The highest BCUT2D eigenvalue weighted by Crippen LogP contribution is 2.24. The van der Waals surface area contributed by atoms with Gasteiger partial charge in [0.05, 0.1) is 12.4 Å². The summed E-state index contributed by atoms with van der Waals surface area (Å²) in [7, 11) is -2.21. The number of hydrogen-bond donors (Lipinski definition) is 1. The van der Waals surface area contributed by atoms with Crippen molar-refractivity contribution in [1.82, 2.24) is 14.3 Å². The Bertz CT molecular complexity index is 941. The number of benzene rings is 2. The van der Waals surface area contributed by atoms with Gasteiger partial charge >= 0.3 is 0 Å². The molecule has 3 rings (SSSR count). The first-order valence-electron chi connectivity index (χ1n) is 7.75. The monoisotopic (exact) mass is 375 g/mol. The Labute approximate surface area is 152 Å². The van der Waals surface area contributed by atoms with Gasteiger partial charge in [0.25, 0.3) is 10.0 Å². The molecule has 1 heterocycles. The third-order valence-electron chi connectivity index (χ3n) is 3.87. The second-order valence-electron chi connectivity index (χ2n) is 5.73. The van der Waals surface area contributed by atoms with Crippen LogP contribution in [0.1, 0.15) is 17.2 Å². The molecule has 0 bridgehead atoms. The Hall–Kier alpha value is -2.15. The molecule has 1 N–H and O–H groups in total. The molecule has 2 aromatic carbocycles. The van der Waals surface area contributed by atoms with E-state index in [4.69, 9.17) is 11.6 Å². The molecular formula is C18H18ClN3O2S. The fourth-order valence-corrected chi connectivity index (χ4v) is 4.23. The van der Waals surface area contributed by atoms with Crippen LogP contribution in [0.4, 0.5) is 0 Å². The number of aromatic nitrogens is 2. The van der Waals surface area contributed by atoms with Crippen LogP contribution in [0.25, 0.3) is 0 Å². The highest BCUT2D eigenvalue weighted by molar-refractivity contribution is 7.89. The summed E-state index contributed by atoms with van der Waals surface area (Å²) in [6.45, 7) is 0.